The Balaban J connectivity index is 1.75. The molecule has 1 aromatic carbocycles. The Hall–Kier alpha value is -1.82. The topological polar surface area (TPSA) is 50.1 Å². The number of rotatable bonds is 4. The fourth-order valence-corrected chi connectivity index (χ4v) is 3.28. The molecule has 2 saturated carbocycles. The van der Waals surface area contributed by atoms with Crippen LogP contribution in [0.2, 0.25) is 0 Å². The fraction of sp³-hybridized carbons (Fsp3) is 0.500. The van der Waals surface area contributed by atoms with Crippen LogP contribution in [0.4, 0.5) is 0 Å². The summed E-state index contributed by atoms with van der Waals surface area (Å²) in [7, 11) is 1.60. The summed E-state index contributed by atoms with van der Waals surface area (Å²) < 4.78 is 5.09. The van der Waals surface area contributed by atoms with Gasteiger partial charge in [-0.3, -0.25) is 4.79 Å². The minimum absolute atomic E-state index is 0.107. The van der Waals surface area contributed by atoms with Crippen LogP contribution in [0.25, 0.3) is 0 Å². The van der Waals surface area contributed by atoms with Gasteiger partial charge in [0.25, 0.3) is 0 Å². The molecule has 0 aliphatic heterocycles. The minimum Gasteiger partial charge on any atom is -0.497 e. The van der Waals surface area contributed by atoms with Crippen molar-refractivity contribution in [1.82, 2.24) is 0 Å². The van der Waals surface area contributed by atoms with Gasteiger partial charge >= 0.3 is 0 Å². The number of carbonyl (C=O) groups excluding carboxylic acids is 1. The maximum Gasteiger partial charge on any atom is 0.157 e. The highest BCUT2D eigenvalue weighted by atomic mass is 16.5. The van der Waals surface area contributed by atoms with Gasteiger partial charge in [0.1, 0.15) is 11.7 Å². The van der Waals surface area contributed by atoms with Gasteiger partial charge in [-0.15, -0.1) is 0 Å². The van der Waals surface area contributed by atoms with E-state index in [2.05, 4.69) is 6.07 Å². The SMILES string of the molecule is COc1ccc(C(C#N)C(=O)C2CC3CC3C2)cc1. The molecule has 2 aliphatic carbocycles. The Morgan fingerprint density at radius 2 is 1.89 bits per heavy atom. The molecule has 3 unspecified atom stereocenters. The molecule has 3 atom stereocenters. The van der Waals surface area contributed by atoms with E-state index in [-0.39, 0.29) is 11.7 Å². The van der Waals surface area contributed by atoms with Gasteiger partial charge in [0.05, 0.1) is 13.2 Å². The van der Waals surface area contributed by atoms with Gasteiger partial charge in [-0.1, -0.05) is 12.1 Å². The van der Waals surface area contributed by atoms with Crippen LogP contribution in [0.15, 0.2) is 24.3 Å². The lowest BCUT2D eigenvalue weighted by atomic mass is 9.86. The van der Waals surface area contributed by atoms with Crippen molar-refractivity contribution in [3.63, 3.8) is 0 Å². The zero-order chi connectivity index (χ0) is 13.4. The van der Waals surface area contributed by atoms with E-state index in [1.54, 1.807) is 19.2 Å². The summed E-state index contributed by atoms with van der Waals surface area (Å²) in [5.41, 5.74) is 0.786. The average Bonchev–Trinajstić information content (AvgIpc) is 3.06. The first kappa shape index (κ1) is 12.2. The summed E-state index contributed by atoms with van der Waals surface area (Å²) in [6, 6.07) is 9.42. The summed E-state index contributed by atoms with van der Waals surface area (Å²) in [6.45, 7) is 0. The molecule has 2 aliphatic rings. The Kier molecular flexibility index (Phi) is 3.02. The molecule has 19 heavy (non-hydrogen) atoms. The van der Waals surface area contributed by atoms with Crippen LogP contribution in [0.5, 0.6) is 5.75 Å². The maximum absolute atomic E-state index is 12.4. The van der Waals surface area contributed by atoms with E-state index in [0.29, 0.717) is 0 Å². The van der Waals surface area contributed by atoms with Crippen molar-refractivity contribution < 1.29 is 9.53 Å². The number of ketones is 1. The van der Waals surface area contributed by atoms with Crippen molar-refractivity contribution in [3.8, 4) is 11.8 Å². The number of benzene rings is 1. The molecule has 98 valence electrons. The van der Waals surface area contributed by atoms with Crippen LogP contribution in [-0.4, -0.2) is 12.9 Å². The van der Waals surface area contributed by atoms with Crippen LogP contribution in [-0.2, 0) is 4.79 Å². The van der Waals surface area contributed by atoms with E-state index in [1.165, 1.54) is 6.42 Å². The van der Waals surface area contributed by atoms with Crippen LogP contribution >= 0.6 is 0 Å². The highest BCUT2D eigenvalue weighted by molar-refractivity contribution is 5.90. The van der Waals surface area contributed by atoms with E-state index in [9.17, 15) is 10.1 Å². The molecule has 0 bridgehead atoms. The van der Waals surface area contributed by atoms with Crippen molar-refractivity contribution in [2.24, 2.45) is 17.8 Å². The summed E-state index contributed by atoms with van der Waals surface area (Å²) in [6.07, 6.45) is 3.29. The van der Waals surface area contributed by atoms with Gasteiger partial charge in [0, 0.05) is 5.92 Å². The molecule has 1 aromatic rings. The van der Waals surface area contributed by atoms with Gasteiger partial charge in [-0.2, -0.15) is 5.26 Å². The minimum atomic E-state index is -0.617. The summed E-state index contributed by atoms with van der Waals surface area (Å²) in [5.74, 6) is 1.88. The summed E-state index contributed by atoms with van der Waals surface area (Å²) in [4.78, 5) is 12.4. The number of carbonyl (C=O) groups is 1. The van der Waals surface area contributed by atoms with E-state index in [4.69, 9.17) is 4.74 Å². The molecule has 0 spiro atoms. The molecule has 0 amide bonds. The number of ether oxygens (including phenoxy) is 1. The van der Waals surface area contributed by atoms with Crippen molar-refractivity contribution in [3.05, 3.63) is 29.8 Å². The van der Waals surface area contributed by atoms with Crippen LogP contribution in [0.1, 0.15) is 30.7 Å². The number of nitriles is 1. The van der Waals surface area contributed by atoms with Crippen molar-refractivity contribution in [1.29, 1.82) is 5.26 Å². The Morgan fingerprint density at radius 1 is 1.26 bits per heavy atom. The van der Waals surface area contributed by atoms with E-state index in [1.807, 2.05) is 12.1 Å². The molecule has 3 heteroatoms. The number of fused-ring (bicyclic) bond motifs is 1. The van der Waals surface area contributed by atoms with Crippen molar-refractivity contribution in [2.75, 3.05) is 7.11 Å². The molecule has 0 N–H and O–H groups in total. The smallest absolute Gasteiger partial charge is 0.157 e. The lowest BCUT2D eigenvalue weighted by Crippen LogP contribution is -2.20. The third-order valence-electron chi connectivity index (χ3n) is 4.51. The standard InChI is InChI=1S/C16H17NO2/c1-19-14-4-2-10(3-5-14)15(9-17)16(18)13-7-11-6-12(11)8-13/h2-5,11-13,15H,6-8H2,1H3. The lowest BCUT2D eigenvalue weighted by molar-refractivity contribution is -0.123. The van der Waals surface area contributed by atoms with Gasteiger partial charge in [0.15, 0.2) is 5.78 Å². The zero-order valence-corrected chi connectivity index (χ0v) is 11.0. The summed E-state index contributed by atoms with van der Waals surface area (Å²) >= 11 is 0. The molecule has 2 fully saturated rings. The Labute approximate surface area is 113 Å². The number of Topliss-reactive ketones (excluding diaryl/α,β-unsaturated/α-hetero) is 1. The molecular formula is C16H17NO2. The van der Waals surface area contributed by atoms with Crippen molar-refractivity contribution in [2.45, 2.75) is 25.2 Å². The number of nitrogens with zero attached hydrogens (tertiary/aromatic N) is 1. The first-order valence-corrected chi connectivity index (χ1v) is 6.80. The Morgan fingerprint density at radius 3 is 2.42 bits per heavy atom. The molecule has 0 aromatic heterocycles. The van der Waals surface area contributed by atoms with E-state index >= 15 is 0 Å². The highest BCUT2D eigenvalue weighted by Gasteiger charge is 2.49. The first-order chi connectivity index (χ1) is 9.22. The average molecular weight is 255 g/mol. The molecule has 0 saturated heterocycles. The third kappa shape index (κ3) is 2.23. The molecular weight excluding hydrogens is 238 g/mol. The molecule has 0 radical (unpaired) electrons. The maximum atomic E-state index is 12.4. The highest BCUT2D eigenvalue weighted by Crippen LogP contribution is 2.55. The van der Waals surface area contributed by atoms with Gasteiger partial charge in [0.2, 0.25) is 0 Å². The van der Waals surface area contributed by atoms with Crippen molar-refractivity contribution >= 4 is 5.78 Å². The lowest BCUT2D eigenvalue weighted by Gasteiger charge is -2.15. The van der Waals surface area contributed by atoms with Gasteiger partial charge in [-0.25, -0.2) is 0 Å². The number of methoxy groups -OCH3 is 1. The van der Waals surface area contributed by atoms with Crippen LogP contribution in [0.3, 0.4) is 0 Å². The second-order valence-corrected chi connectivity index (χ2v) is 5.66. The predicted octanol–water partition coefficient (Wildman–Crippen LogP) is 2.92. The fourth-order valence-electron chi connectivity index (χ4n) is 3.28. The summed E-state index contributed by atoms with van der Waals surface area (Å²) in [5, 5.41) is 9.31. The number of hydrogen-bond acceptors (Lipinski definition) is 3. The second-order valence-electron chi connectivity index (χ2n) is 5.66. The van der Waals surface area contributed by atoms with Gasteiger partial charge in [-0.05, 0) is 48.8 Å². The molecule has 3 rings (SSSR count). The molecule has 0 heterocycles. The Bertz CT molecular complexity index is 519. The zero-order valence-electron chi connectivity index (χ0n) is 11.0. The normalized spacial score (nSPS) is 29.2. The van der Waals surface area contributed by atoms with E-state index in [0.717, 1.165) is 36.0 Å². The van der Waals surface area contributed by atoms with Crippen LogP contribution in [0, 0.1) is 29.1 Å². The monoisotopic (exact) mass is 255 g/mol. The van der Waals surface area contributed by atoms with E-state index < -0.39 is 5.92 Å². The predicted molar refractivity (Wildman–Crippen MR) is 70.7 cm³/mol. The number of hydrogen-bond donors (Lipinski definition) is 0. The quantitative estimate of drug-likeness (QED) is 0.831. The largest absolute Gasteiger partial charge is 0.497 e. The third-order valence-corrected chi connectivity index (χ3v) is 4.51. The van der Waals surface area contributed by atoms with Gasteiger partial charge < -0.3 is 4.74 Å². The molecule has 3 nitrogen and oxygen atoms in total. The van der Waals surface area contributed by atoms with Crippen LogP contribution < -0.4 is 4.74 Å². The first-order valence-electron chi connectivity index (χ1n) is 6.80. The second kappa shape index (κ2) is 4.70.